The van der Waals surface area contributed by atoms with Crippen molar-refractivity contribution in [1.82, 2.24) is 5.32 Å². The molecule has 0 aromatic heterocycles. The van der Waals surface area contributed by atoms with Crippen LogP contribution < -0.4 is 5.32 Å². The van der Waals surface area contributed by atoms with Crippen LogP contribution in [0.5, 0.6) is 0 Å². The number of nitrogens with one attached hydrogen (secondary N) is 1. The normalized spacial score (nSPS) is 11.6. The van der Waals surface area contributed by atoms with Crippen molar-refractivity contribution in [2.24, 2.45) is 5.92 Å². The molecule has 0 saturated heterocycles. The lowest BCUT2D eigenvalue weighted by Crippen LogP contribution is -2.35. The first kappa shape index (κ1) is 19.7. The maximum Gasteiger partial charge on any atom is 0.311 e. The van der Waals surface area contributed by atoms with E-state index < -0.39 is 0 Å². The smallest absolute Gasteiger partial charge is 0.311 e. The summed E-state index contributed by atoms with van der Waals surface area (Å²) in [6.07, 6.45) is 1.65. The Morgan fingerprint density at radius 1 is 1.00 bits per heavy atom. The topological polar surface area (TPSA) is 55.4 Å². The number of hydrogen-bond donors (Lipinski definition) is 1. The predicted molar refractivity (Wildman–Crippen MR) is 103 cm³/mol. The molecule has 1 unspecified atom stereocenters. The Balaban J connectivity index is 1.85. The summed E-state index contributed by atoms with van der Waals surface area (Å²) in [6.45, 7) is 4.46. The molecule has 2 aromatic carbocycles. The van der Waals surface area contributed by atoms with E-state index in [0.29, 0.717) is 32.4 Å². The Morgan fingerprint density at radius 2 is 1.69 bits per heavy atom. The maximum absolute atomic E-state index is 12.2. The van der Waals surface area contributed by atoms with E-state index in [4.69, 9.17) is 4.74 Å². The molecular formula is C22H27NO3. The van der Waals surface area contributed by atoms with Gasteiger partial charge in [0.1, 0.15) is 0 Å². The molecule has 0 bridgehead atoms. The van der Waals surface area contributed by atoms with Gasteiger partial charge in [-0.1, -0.05) is 60.2 Å². The van der Waals surface area contributed by atoms with Crippen LogP contribution in [0.2, 0.25) is 0 Å². The van der Waals surface area contributed by atoms with Gasteiger partial charge in [-0.05, 0) is 37.8 Å². The van der Waals surface area contributed by atoms with Crippen LogP contribution in [0.15, 0.2) is 54.6 Å². The van der Waals surface area contributed by atoms with Crippen LogP contribution in [-0.4, -0.2) is 25.0 Å². The lowest BCUT2D eigenvalue weighted by atomic mass is 9.99. The molecule has 2 rings (SSSR count). The number of rotatable bonds is 9. The van der Waals surface area contributed by atoms with Crippen LogP contribution in [0.4, 0.5) is 0 Å². The van der Waals surface area contributed by atoms with Crippen LogP contribution in [0.3, 0.4) is 0 Å². The number of amides is 1. The van der Waals surface area contributed by atoms with E-state index in [2.05, 4.69) is 5.32 Å². The summed E-state index contributed by atoms with van der Waals surface area (Å²) < 4.78 is 5.16. The average molecular weight is 353 g/mol. The molecule has 0 radical (unpaired) electrons. The molecule has 0 fully saturated rings. The van der Waals surface area contributed by atoms with E-state index in [1.807, 2.05) is 61.5 Å². The molecule has 0 aliphatic carbocycles. The Morgan fingerprint density at radius 3 is 2.35 bits per heavy atom. The van der Waals surface area contributed by atoms with Gasteiger partial charge in [0.15, 0.2) is 0 Å². The highest BCUT2D eigenvalue weighted by molar-refractivity contribution is 5.78. The molecule has 0 saturated carbocycles. The molecule has 1 amide bonds. The molecule has 138 valence electrons. The molecule has 0 aliphatic rings. The number of esters is 1. The maximum atomic E-state index is 12.2. The van der Waals surface area contributed by atoms with Gasteiger partial charge in [0.05, 0.1) is 12.5 Å². The first-order chi connectivity index (χ1) is 12.6. The van der Waals surface area contributed by atoms with E-state index in [-0.39, 0.29) is 17.8 Å². The van der Waals surface area contributed by atoms with Crippen molar-refractivity contribution in [2.75, 3.05) is 13.2 Å². The Hall–Kier alpha value is -2.62. The summed E-state index contributed by atoms with van der Waals surface area (Å²) >= 11 is 0. The minimum absolute atomic E-state index is 0.0482. The molecule has 0 spiro atoms. The minimum Gasteiger partial charge on any atom is -0.466 e. The number of aryl methyl sites for hydroxylation is 2. The van der Waals surface area contributed by atoms with Gasteiger partial charge in [0.25, 0.3) is 0 Å². The number of carbonyl (C=O) groups is 2. The van der Waals surface area contributed by atoms with Gasteiger partial charge in [-0.3, -0.25) is 9.59 Å². The van der Waals surface area contributed by atoms with E-state index in [1.165, 1.54) is 5.56 Å². The van der Waals surface area contributed by atoms with Crippen molar-refractivity contribution in [3.63, 3.8) is 0 Å². The molecule has 0 heterocycles. The third-order valence-corrected chi connectivity index (χ3v) is 4.25. The monoisotopic (exact) mass is 353 g/mol. The average Bonchev–Trinajstić information content (AvgIpc) is 2.65. The first-order valence-electron chi connectivity index (χ1n) is 9.11. The summed E-state index contributed by atoms with van der Waals surface area (Å²) in [6, 6.07) is 18.0. The summed E-state index contributed by atoms with van der Waals surface area (Å²) in [5.74, 6) is -0.691. The zero-order chi connectivity index (χ0) is 18.8. The largest absolute Gasteiger partial charge is 0.466 e. The van der Waals surface area contributed by atoms with Crippen LogP contribution >= 0.6 is 0 Å². The van der Waals surface area contributed by atoms with E-state index in [0.717, 1.165) is 11.1 Å². The van der Waals surface area contributed by atoms with Gasteiger partial charge in [-0.25, -0.2) is 0 Å². The predicted octanol–water partition coefficient (Wildman–Crippen LogP) is 3.47. The standard InChI is InChI=1S/C22H27NO3/c1-3-26-22(25)20(15-19-7-5-4-6-8-19)16-23-21(24)14-13-18-11-9-17(2)10-12-18/h4-12,20H,3,13-16H2,1-2H3,(H,23,24). The SMILES string of the molecule is CCOC(=O)C(CNC(=O)CCc1ccc(C)cc1)Cc1ccccc1. The highest BCUT2D eigenvalue weighted by atomic mass is 16.5. The number of benzene rings is 2. The van der Waals surface area contributed by atoms with Crippen LogP contribution in [0.25, 0.3) is 0 Å². The molecule has 0 aliphatic heterocycles. The summed E-state index contributed by atoms with van der Waals surface area (Å²) in [5, 5.41) is 2.88. The third-order valence-electron chi connectivity index (χ3n) is 4.25. The second-order valence-corrected chi connectivity index (χ2v) is 6.43. The van der Waals surface area contributed by atoms with Gasteiger partial charge in [-0.15, -0.1) is 0 Å². The molecule has 4 nitrogen and oxygen atoms in total. The fraction of sp³-hybridized carbons (Fsp3) is 0.364. The Labute approximate surface area is 155 Å². The fourth-order valence-electron chi connectivity index (χ4n) is 2.74. The van der Waals surface area contributed by atoms with Crippen molar-refractivity contribution >= 4 is 11.9 Å². The van der Waals surface area contributed by atoms with Crippen molar-refractivity contribution in [2.45, 2.75) is 33.1 Å². The van der Waals surface area contributed by atoms with Crippen molar-refractivity contribution < 1.29 is 14.3 Å². The van der Waals surface area contributed by atoms with Crippen LogP contribution in [0, 0.1) is 12.8 Å². The molecular weight excluding hydrogens is 326 g/mol. The lowest BCUT2D eigenvalue weighted by Gasteiger charge is -2.16. The molecule has 4 heteroatoms. The van der Waals surface area contributed by atoms with Crippen molar-refractivity contribution in [1.29, 1.82) is 0 Å². The Bertz CT molecular complexity index is 695. The zero-order valence-corrected chi connectivity index (χ0v) is 15.5. The van der Waals surface area contributed by atoms with Crippen molar-refractivity contribution in [3.8, 4) is 0 Å². The van der Waals surface area contributed by atoms with Gasteiger partial charge < -0.3 is 10.1 Å². The molecule has 1 N–H and O–H groups in total. The quantitative estimate of drug-likeness (QED) is 0.702. The van der Waals surface area contributed by atoms with Gasteiger partial charge in [0, 0.05) is 13.0 Å². The Kier molecular flexibility index (Phi) is 7.87. The zero-order valence-electron chi connectivity index (χ0n) is 15.5. The first-order valence-corrected chi connectivity index (χ1v) is 9.11. The molecule has 2 aromatic rings. The third kappa shape index (κ3) is 6.71. The second kappa shape index (κ2) is 10.4. The van der Waals surface area contributed by atoms with Crippen LogP contribution in [0.1, 0.15) is 30.0 Å². The van der Waals surface area contributed by atoms with E-state index in [1.54, 1.807) is 6.92 Å². The summed E-state index contributed by atoms with van der Waals surface area (Å²) in [7, 11) is 0. The van der Waals surface area contributed by atoms with Gasteiger partial charge >= 0.3 is 5.97 Å². The van der Waals surface area contributed by atoms with Crippen molar-refractivity contribution in [3.05, 3.63) is 71.3 Å². The second-order valence-electron chi connectivity index (χ2n) is 6.43. The summed E-state index contributed by atoms with van der Waals surface area (Å²) in [5.41, 5.74) is 3.40. The highest BCUT2D eigenvalue weighted by Crippen LogP contribution is 2.11. The van der Waals surface area contributed by atoms with E-state index in [9.17, 15) is 9.59 Å². The lowest BCUT2D eigenvalue weighted by molar-refractivity contribution is -0.147. The van der Waals surface area contributed by atoms with Gasteiger partial charge in [0.2, 0.25) is 5.91 Å². The number of carbonyl (C=O) groups excluding carboxylic acids is 2. The van der Waals surface area contributed by atoms with Crippen LogP contribution in [-0.2, 0) is 27.2 Å². The summed E-state index contributed by atoms with van der Waals surface area (Å²) in [4.78, 5) is 24.4. The number of ether oxygens (including phenoxy) is 1. The highest BCUT2D eigenvalue weighted by Gasteiger charge is 2.21. The van der Waals surface area contributed by atoms with E-state index >= 15 is 0 Å². The molecule has 26 heavy (non-hydrogen) atoms. The fourth-order valence-corrected chi connectivity index (χ4v) is 2.74. The minimum atomic E-state index is -0.374. The van der Waals surface area contributed by atoms with Gasteiger partial charge in [-0.2, -0.15) is 0 Å². The molecule has 1 atom stereocenters. The number of hydrogen-bond acceptors (Lipinski definition) is 3.